The Labute approximate surface area is 232 Å². The Morgan fingerprint density at radius 2 is 1.95 bits per heavy atom. The van der Waals surface area contributed by atoms with Gasteiger partial charge < -0.3 is 5.32 Å². The van der Waals surface area contributed by atoms with Crippen LogP contribution < -0.4 is 10.2 Å². The number of thiophene rings is 1. The van der Waals surface area contributed by atoms with Crippen molar-refractivity contribution in [2.24, 2.45) is 0 Å². The number of fused-ring (bicyclic) bond motifs is 1. The highest BCUT2D eigenvalue weighted by molar-refractivity contribution is 8.00. The third kappa shape index (κ3) is 5.15. The molecule has 2 aromatic heterocycles. The number of nitrogens with zero attached hydrogens (tertiary/aromatic N) is 3. The minimum atomic E-state index is -0.174. The van der Waals surface area contributed by atoms with Crippen molar-refractivity contribution in [1.29, 1.82) is 0 Å². The summed E-state index contributed by atoms with van der Waals surface area (Å²) in [6, 6.07) is 18.5. The molecule has 0 saturated carbocycles. The summed E-state index contributed by atoms with van der Waals surface area (Å²) in [6.07, 6.45) is 0.819. The van der Waals surface area contributed by atoms with Gasteiger partial charge in [0.2, 0.25) is 11.8 Å². The van der Waals surface area contributed by atoms with Crippen LogP contribution in [0, 0.1) is 13.8 Å². The van der Waals surface area contributed by atoms with Gasteiger partial charge in [0.15, 0.2) is 0 Å². The molecule has 1 aliphatic heterocycles. The zero-order valence-corrected chi connectivity index (χ0v) is 23.7. The highest BCUT2D eigenvalue weighted by Crippen LogP contribution is 2.49. The molecule has 2 atom stereocenters. The summed E-state index contributed by atoms with van der Waals surface area (Å²) in [6.45, 7) is 8.07. The Morgan fingerprint density at radius 1 is 1.16 bits per heavy atom. The first-order valence-corrected chi connectivity index (χ1v) is 14.9. The van der Waals surface area contributed by atoms with Crippen LogP contribution in [-0.2, 0) is 9.59 Å². The van der Waals surface area contributed by atoms with Gasteiger partial charge in [0.05, 0.1) is 22.4 Å². The standard InChI is InChI=1S/C30H32N4O2S2/c1-5-21(4)31-25(35)16-33-26(36)18-38-29(23-13-14-37-17-23)27-28(22-9-7-6-8-10-22)32-34(30(27)33)24-12-11-19(2)15-20(24)3/h6-15,17,21,29H,5,16,18H2,1-4H3,(H,31,35)/t21-,29+/m1/s1. The number of amides is 2. The van der Waals surface area contributed by atoms with Crippen LogP contribution >= 0.6 is 23.1 Å². The van der Waals surface area contributed by atoms with Gasteiger partial charge in [-0.15, -0.1) is 11.8 Å². The predicted molar refractivity (Wildman–Crippen MR) is 157 cm³/mol. The second-order valence-corrected chi connectivity index (χ2v) is 11.6. The fourth-order valence-electron chi connectivity index (χ4n) is 4.79. The summed E-state index contributed by atoms with van der Waals surface area (Å²) in [4.78, 5) is 28.5. The first-order valence-electron chi connectivity index (χ1n) is 12.9. The molecule has 0 saturated heterocycles. The Balaban J connectivity index is 1.78. The maximum atomic E-state index is 13.7. The maximum absolute atomic E-state index is 13.7. The van der Waals surface area contributed by atoms with Crippen LogP contribution in [0.3, 0.4) is 0 Å². The van der Waals surface area contributed by atoms with Crippen LogP contribution in [0.25, 0.3) is 16.9 Å². The fraction of sp³-hybridized carbons (Fsp3) is 0.300. The van der Waals surface area contributed by atoms with Crippen molar-refractivity contribution in [2.75, 3.05) is 17.2 Å². The minimum Gasteiger partial charge on any atom is -0.352 e. The number of rotatable bonds is 7. The summed E-state index contributed by atoms with van der Waals surface area (Å²) in [5.41, 5.74) is 7.00. The van der Waals surface area contributed by atoms with Gasteiger partial charge in [-0.05, 0) is 61.2 Å². The smallest absolute Gasteiger partial charge is 0.240 e. The van der Waals surface area contributed by atoms with Crippen LogP contribution in [0.5, 0.6) is 0 Å². The van der Waals surface area contributed by atoms with E-state index in [0.29, 0.717) is 5.82 Å². The van der Waals surface area contributed by atoms with E-state index in [1.165, 1.54) is 0 Å². The van der Waals surface area contributed by atoms with Crippen LogP contribution in [0.15, 0.2) is 65.4 Å². The van der Waals surface area contributed by atoms with Gasteiger partial charge in [0.1, 0.15) is 12.4 Å². The molecule has 0 unspecified atom stereocenters. The molecule has 6 nitrogen and oxygen atoms in total. The monoisotopic (exact) mass is 544 g/mol. The van der Waals surface area contributed by atoms with E-state index in [2.05, 4.69) is 60.3 Å². The second-order valence-electron chi connectivity index (χ2n) is 9.76. The number of anilines is 1. The molecule has 196 valence electrons. The van der Waals surface area contributed by atoms with Gasteiger partial charge in [0, 0.05) is 17.2 Å². The number of hydrogen-bond acceptors (Lipinski definition) is 5. The van der Waals surface area contributed by atoms with Crippen LogP contribution in [0.2, 0.25) is 0 Å². The topological polar surface area (TPSA) is 67.2 Å². The summed E-state index contributed by atoms with van der Waals surface area (Å²) >= 11 is 3.24. The Bertz CT molecular complexity index is 1450. The molecule has 1 N–H and O–H groups in total. The van der Waals surface area contributed by atoms with Crippen molar-refractivity contribution in [3.8, 4) is 16.9 Å². The van der Waals surface area contributed by atoms with Crippen molar-refractivity contribution < 1.29 is 9.59 Å². The Morgan fingerprint density at radius 3 is 2.63 bits per heavy atom. The molecule has 4 aromatic rings. The van der Waals surface area contributed by atoms with E-state index >= 15 is 0 Å². The van der Waals surface area contributed by atoms with Gasteiger partial charge in [-0.1, -0.05) is 55.0 Å². The number of thioether (sulfide) groups is 1. The maximum Gasteiger partial charge on any atom is 0.240 e. The first kappa shape index (κ1) is 26.3. The van der Waals surface area contributed by atoms with E-state index in [-0.39, 0.29) is 35.4 Å². The van der Waals surface area contributed by atoms with Crippen molar-refractivity contribution in [1.82, 2.24) is 15.1 Å². The average molecular weight is 545 g/mol. The number of carbonyl (C=O) groups is 2. The van der Waals surface area contributed by atoms with Gasteiger partial charge in [-0.3, -0.25) is 14.5 Å². The molecule has 1 aliphatic rings. The van der Waals surface area contributed by atoms with E-state index in [1.807, 2.05) is 42.8 Å². The quantitative estimate of drug-likeness (QED) is 0.296. The Hall–Kier alpha value is -3.36. The molecule has 5 rings (SSSR count). The normalized spacial score (nSPS) is 16.2. The number of hydrogen-bond donors (Lipinski definition) is 1. The van der Waals surface area contributed by atoms with E-state index < -0.39 is 0 Å². The van der Waals surface area contributed by atoms with Gasteiger partial charge in [-0.25, -0.2) is 4.68 Å². The SMILES string of the molecule is CC[C@@H](C)NC(=O)CN1C(=O)CS[C@@H](c2ccsc2)c2c(-c3ccccc3)nn(-c3ccc(C)cc3C)c21. The lowest BCUT2D eigenvalue weighted by Crippen LogP contribution is -2.44. The largest absolute Gasteiger partial charge is 0.352 e. The lowest BCUT2D eigenvalue weighted by atomic mass is 10.0. The summed E-state index contributed by atoms with van der Waals surface area (Å²) in [5.74, 6) is 0.666. The molecular weight excluding hydrogens is 512 g/mol. The molecule has 0 spiro atoms. The van der Waals surface area contributed by atoms with Crippen LogP contribution in [-0.4, -0.2) is 39.9 Å². The zero-order chi connectivity index (χ0) is 26.8. The van der Waals surface area contributed by atoms with Gasteiger partial charge in [0.25, 0.3) is 0 Å². The lowest BCUT2D eigenvalue weighted by molar-refractivity contribution is -0.123. The van der Waals surface area contributed by atoms with E-state index in [1.54, 1.807) is 28.0 Å². The fourth-order valence-corrected chi connectivity index (χ4v) is 6.75. The summed E-state index contributed by atoms with van der Waals surface area (Å²) in [5, 5.41) is 12.3. The zero-order valence-electron chi connectivity index (χ0n) is 22.1. The average Bonchev–Trinajstić information content (AvgIpc) is 3.54. The number of aromatic nitrogens is 2. The molecule has 3 heterocycles. The van der Waals surface area contributed by atoms with Crippen molar-refractivity contribution in [2.45, 2.75) is 45.4 Å². The van der Waals surface area contributed by atoms with Crippen LogP contribution in [0.4, 0.5) is 5.82 Å². The molecule has 0 bridgehead atoms. The minimum absolute atomic E-state index is 0.0288. The molecule has 2 aromatic carbocycles. The van der Waals surface area contributed by atoms with Crippen molar-refractivity contribution in [3.05, 3.63) is 87.6 Å². The highest BCUT2D eigenvalue weighted by atomic mass is 32.2. The van der Waals surface area contributed by atoms with Crippen LogP contribution in [0.1, 0.15) is 47.8 Å². The molecule has 0 fully saturated rings. The summed E-state index contributed by atoms with van der Waals surface area (Å²) in [7, 11) is 0. The Kier molecular flexibility index (Phi) is 7.72. The number of benzene rings is 2. The molecule has 38 heavy (non-hydrogen) atoms. The third-order valence-corrected chi connectivity index (χ3v) is 8.84. The van der Waals surface area contributed by atoms with Gasteiger partial charge in [-0.2, -0.15) is 16.4 Å². The molecule has 2 amide bonds. The predicted octanol–water partition coefficient (Wildman–Crippen LogP) is 6.30. The van der Waals surface area contributed by atoms with E-state index in [9.17, 15) is 9.59 Å². The number of aryl methyl sites for hydroxylation is 2. The molecular formula is C30H32N4O2S2. The number of carbonyl (C=O) groups excluding carboxylic acids is 2. The molecule has 0 radical (unpaired) electrons. The highest BCUT2D eigenvalue weighted by Gasteiger charge is 2.38. The molecule has 0 aliphatic carbocycles. The van der Waals surface area contributed by atoms with Crippen molar-refractivity contribution in [3.63, 3.8) is 0 Å². The van der Waals surface area contributed by atoms with Gasteiger partial charge >= 0.3 is 0 Å². The van der Waals surface area contributed by atoms with Crippen molar-refractivity contribution >= 4 is 40.7 Å². The number of nitrogens with one attached hydrogen (secondary N) is 1. The lowest BCUT2D eigenvalue weighted by Gasteiger charge is -2.24. The third-order valence-electron chi connectivity index (χ3n) is 6.88. The second kappa shape index (κ2) is 11.2. The van der Waals surface area contributed by atoms with E-state index in [4.69, 9.17) is 5.10 Å². The molecule has 8 heteroatoms. The summed E-state index contributed by atoms with van der Waals surface area (Å²) < 4.78 is 1.88. The first-order chi connectivity index (χ1) is 18.4. The van der Waals surface area contributed by atoms with E-state index in [0.717, 1.165) is 45.6 Å².